The Morgan fingerprint density at radius 3 is 1.61 bits per heavy atom. The SMILES string of the molecule is Cc1cc(C)cc(NC(=O)c2ccccc2N2C(=O)[C@H]3C4c5ccccc5C(c5ccccc54)[C@@H]3C2=O)c1. The summed E-state index contributed by atoms with van der Waals surface area (Å²) in [4.78, 5) is 43.1. The average molecular weight is 499 g/mol. The number of nitrogens with one attached hydrogen (secondary N) is 1. The first-order valence-electron chi connectivity index (χ1n) is 13.0. The molecule has 4 aromatic carbocycles. The largest absolute Gasteiger partial charge is 0.322 e. The van der Waals surface area contributed by atoms with Crippen molar-refractivity contribution in [2.75, 3.05) is 10.2 Å². The number of aryl methyl sites for hydroxylation is 2. The Morgan fingerprint density at radius 2 is 1.11 bits per heavy atom. The molecular formula is C33H26N2O3. The second-order valence-corrected chi connectivity index (χ2v) is 10.6. The lowest BCUT2D eigenvalue weighted by molar-refractivity contribution is -0.122. The summed E-state index contributed by atoms with van der Waals surface area (Å²) in [6.07, 6.45) is 0. The standard InChI is InChI=1S/C33H26N2O3/c1-18-15-19(2)17-20(16-18)34-31(36)25-13-7-8-14-26(25)35-32(37)29-27-21-9-3-4-10-22(21)28(30(29)33(35)38)24-12-6-5-11-23(24)27/h3-17,27-30H,1-2H3,(H,34,36)/t27?,28?,29-,30-/m0/s1. The zero-order valence-electron chi connectivity index (χ0n) is 21.1. The summed E-state index contributed by atoms with van der Waals surface area (Å²) in [6.45, 7) is 3.95. The average Bonchev–Trinajstić information content (AvgIpc) is 3.18. The van der Waals surface area contributed by atoms with Gasteiger partial charge < -0.3 is 5.32 Å². The van der Waals surface area contributed by atoms with Gasteiger partial charge in [0.15, 0.2) is 0 Å². The molecule has 3 aliphatic carbocycles. The van der Waals surface area contributed by atoms with Crippen LogP contribution in [0.2, 0.25) is 0 Å². The molecule has 1 fully saturated rings. The van der Waals surface area contributed by atoms with E-state index in [1.165, 1.54) is 4.90 Å². The number of nitrogens with zero attached hydrogens (tertiary/aromatic N) is 1. The fourth-order valence-corrected chi connectivity index (χ4v) is 7.02. The molecule has 2 bridgehead atoms. The third-order valence-corrected chi connectivity index (χ3v) is 8.32. The van der Waals surface area contributed by atoms with E-state index < -0.39 is 11.8 Å². The van der Waals surface area contributed by atoms with Crippen LogP contribution in [0.4, 0.5) is 11.4 Å². The van der Waals surface area contributed by atoms with E-state index in [-0.39, 0.29) is 29.6 Å². The maximum Gasteiger partial charge on any atom is 0.257 e. The normalized spacial score (nSPS) is 22.6. The Bertz CT molecular complexity index is 1540. The highest BCUT2D eigenvalue weighted by Crippen LogP contribution is 2.61. The highest BCUT2D eigenvalue weighted by molar-refractivity contribution is 6.26. The Morgan fingerprint density at radius 1 is 0.658 bits per heavy atom. The van der Waals surface area contributed by atoms with E-state index in [9.17, 15) is 14.4 Å². The molecule has 2 atom stereocenters. The van der Waals surface area contributed by atoms with Gasteiger partial charge in [0.25, 0.3) is 5.91 Å². The van der Waals surface area contributed by atoms with Gasteiger partial charge in [-0.15, -0.1) is 0 Å². The summed E-state index contributed by atoms with van der Waals surface area (Å²) >= 11 is 0. The molecule has 1 N–H and O–H groups in total. The van der Waals surface area contributed by atoms with Crippen molar-refractivity contribution in [2.45, 2.75) is 25.7 Å². The molecule has 0 radical (unpaired) electrons. The number of carbonyl (C=O) groups is 3. The quantitative estimate of drug-likeness (QED) is 0.355. The zero-order chi connectivity index (χ0) is 26.1. The number of hydrogen-bond donors (Lipinski definition) is 1. The summed E-state index contributed by atoms with van der Waals surface area (Å²) in [6, 6.07) is 29.1. The van der Waals surface area contributed by atoms with E-state index >= 15 is 0 Å². The van der Waals surface area contributed by atoms with Crippen molar-refractivity contribution in [1.29, 1.82) is 0 Å². The van der Waals surface area contributed by atoms with Gasteiger partial charge >= 0.3 is 0 Å². The molecule has 3 amide bonds. The van der Waals surface area contributed by atoms with Gasteiger partial charge in [0.1, 0.15) is 0 Å². The summed E-state index contributed by atoms with van der Waals surface area (Å²) in [5, 5.41) is 2.97. The van der Waals surface area contributed by atoms with Crippen LogP contribution >= 0.6 is 0 Å². The Hall–Kier alpha value is -4.51. The van der Waals surface area contributed by atoms with Crippen molar-refractivity contribution < 1.29 is 14.4 Å². The highest BCUT2D eigenvalue weighted by atomic mass is 16.2. The second-order valence-electron chi connectivity index (χ2n) is 10.6. The van der Waals surface area contributed by atoms with Crippen molar-refractivity contribution in [3.8, 4) is 0 Å². The zero-order valence-corrected chi connectivity index (χ0v) is 21.1. The molecule has 1 heterocycles. The summed E-state index contributed by atoms with van der Waals surface area (Å²) in [5.74, 6) is -2.17. The van der Waals surface area contributed by atoms with Gasteiger partial charge in [0, 0.05) is 17.5 Å². The second kappa shape index (κ2) is 8.25. The molecule has 4 aliphatic rings. The lowest BCUT2D eigenvalue weighted by atomic mass is 9.55. The van der Waals surface area contributed by atoms with Crippen LogP contribution in [0.25, 0.3) is 0 Å². The van der Waals surface area contributed by atoms with Crippen LogP contribution in [0, 0.1) is 25.7 Å². The van der Waals surface area contributed by atoms with Gasteiger partial charge in [-0.25, -0.2) is 4.90 Å². The van der Waals surface area contributed by atoms with Gasteiger partial charge in [-0.2, -0.15) is 0 Å². The van der Waals surface area contributed by atoms with Crippen LogP contribution in [-0.2, 0) is 9.59 Å². The van der Waals surface area contributed by atoms with Gasteiger partial charge in [0.2, 0.25) is 11.8 Å². The lowest BCUT2D eigenvalue weighted by Gasteiger charge is -2.45. The van der Waals surface area contributed by atoms with Gasteiger partial charge in [-0.1, -0.05) is 66.7 Å². The maximum atomic E-state index is 14.2. The molecule has 1 saturated heterocycles. The first-order chi connectivity index (χ1) is 18.4. The van der Waals surface area contributed by atoms with E-state index in [0.29, 0.717) is 16.9 Å². The Labute approximate surface area is 221 Å². The van der Waals surface area contributed by atoms with Crippen LogP contribution < -0.4 is 10.2 Å². The van der Waals surface area contributed by atoms with Crippen LogP contribution in [0.5, 0.6) is 0 Å². The number of amides is 3. The smallest absolute Gasteiger partial charge is 0.257 e. The summed E-state index contributed by atoms with van der Waals surface area (Å²) in [5.41, 5.74) is 7.90. The van der Waals surface area contributed by atoms with Crippen molar-refractivity contribution >= 4 is 29.1 Å². The molecule has 0 unspecified atom stereocenters. The first-order valence-corrected chi connectivity index (χ1v) is 13.0. The number of rotatable bonds is 3. The minimum absolute atomic E-state index is 0.185. The van der Waals surface area contributed by atoms with Crippen LogP contribution in [0.15, 0.2) is 91.0 Å². The molecule has 38 heavy (non-hydrogen) atoms. The van der Waals surface area contributed by atoms with Crippen LogP contribution in [-0.4, -0.2) is 17.7 Å². The highest BCUT2D eigenvalue weighted by Gasteiger charge is 2.62. The van der Waals surface area contributed by atoms with Crippen molar-refractivity contribution in [2.24, 2.45) is 11.8 Å². The molecule has 1 aliphatic heterocycles. The number of para-hydroxylation sites is 1. The molecular weight excluding hydrogens is 472 g/mol. The molecule has 4 aromatic rings. The minimum atomic E-state index is -0.493. The molecule has 0 saturated carbocycles. The lowest BCUT2D eigenvalue weighted by Crippen LogP contribution is -2.41. The monoisotopic (exact) mass is 498 g/mol. The van der Waals surface area contributed by atoms with Crippen LogP contribution in [0.3, 0.4) is 0 Å². The summed E-state index contributed by atoms with van der Waals surface area (Å²) < 4.78 is 0. The third kappa shape index (κ3) is 3.14. The Balaban J connectivity index is 1.31. The number of benzene rings is 4. The number of imide groups is 1. The molecule has 8 rings (SSSR count). The maximum absolute atomic E-state index is 14.2. The van der Waals surface area contributed by atoms with Crippen molar-refractivity contribution in [3.63, 3.8) is 0 Å². The molecule has 5 nitrogen and oxygen atoms in total. The number of carbonyl (C=O) groups excluding carboxylic acids is 3. The topological polar surface area (TPSA) is 66.5 Å². The van der Waals surface area contributed by atoms with Crippen LogP contribution in [0.1, 0.15) is 55.6 Å². The fourth-order valence-electron chi connectivity index (χ4n) is 7.02. The van der Waals surface area contributed by atoms with E-state index in [0.717, 1.165) is 33.4 Å². The molecule has 5 heteroatoms. The van der Waals surface area contributed by atoms with Gasteiger partial charge in [0.05, 0.1) is 23.1 Å². The van der Waals surface area contributed by atoms with E-state index in [1.54, 1.807) is 24.3 Å². The summed E-state index contributed by atoms with van der Waals surface area (Å²) in [7, 11) is 0. The predicted molar refractivity (Wildman–Crippen MR) is 146 cm³/mol. The van der Waals surface area contributed by atoms with Crippen molar-refractivity contribution in [3.05, 3.63) is 130 Å². The number of hydrogen-bond acceptors (Lipinski definition) is 3. The number of anilines is 2. The van der Waals surface area contributed by atoms with Gasteiger partial charge in [-0.3, -0.25) is 14.4 Å². The van der Waals surface area contributed by atoms with E-state index in [2.05, 4.69) is 29.6 Å². The molecule has 186 valence electrons. The molecule has 0 aromatic heterocycles. The Kier molecular flexibility index (Phi) is 4.92. The van der Waals surface area contributed by atoms with Crippen molar-refractivity contribution in [1.82, 2.24) is 0 Å². The fraction of sp³-hybridized carbons (Fsp3) is 0.182. The van der Waals surface area contributed by atoms with Gasteiger partial charge in [-0.05, 0) is 71.5 Å². The molecule has 0 spiro atoms. The first kappa shape index (κ1) is 22.7. The third-order valence-electron chi connectivity index (χ3n) is 8.32. The minimum Gasteiger partial charge on any atom is -0.322 e. The van der Waals surface area contributed by atoms with E-state index in [4.69, 9.17) is 0 Å². The van der Waals surface area contributed by atoms with E-state index in [1.807, 2.05) is 56.3 Å². The predicted octanol–water partition coefficient (Wildman–Crippen LogP) is 5.95.